The van der Waals surface area contributed by atoms with Gasteiger partial charge < -0.3 is 14.6 Å². The Morgan fingerprint density at radius 3 is 2.83 bits per heavy atom. The zero-order valence-electron chi connectivity index (χ0n) is 11.1. The average Bonchev–Trinajstić information content (AvgIpc) is 3.01. The minimum Gasteiger partial charge on any atom is -0.395 e. The van der Waals surface area contributed by atoms with E-state index in [0.717, 1.165) is 19.7 Å². The fourth-order valence-corrected chi connectivity index (χ4v) is 3.77. The van der Waals surface area contributed by atoms with Gasteiger partial charge in [0.05, 0.1) is 37.6 Å². The molecule has 0 aromatic carbocycles. The molecule has 0 bridgehead atoms. The predicted molar refractivity (Wildman–Crippen MR) is 68.6 cm³/mol. The number of rotatable bonds is 3. The molecule has 2 unspecified atom stereocenters. The molecule has 104 valence electrons. The van der Waals surface area contributed by atoms with Crippen molar-refractivity contribution in [3.05, 3.63) is 0 Å². The van der Waals surface area contributed by atoms with Crippen molar-refractivity contribution in [3.63, 3.8) is 0 Å². The van der Waals surface area contributed by atoms with Crippen LogP contribution in [0.1, 0.15) is 38.5 Å². The lowest BCUT2D eigenvalue weighted by Crippen LogP contribution is -2.50. The topological polar surface area (TPSA) is 41.9 Å². The molecule has 1 N–H and O–H groups in total. The summed E-state index contributed by atoms with van der Waals surface area (Å²) in [6.07, 6.45) is 8.00. The summed E-state index contributed by atoms with van der Waals surface area (Å²) in [5.41, 5.74) is 0.228. The number of morpholine rings is 1. The van der Waals surface area contributed by atoms with Gasteiger partial charge >= 0.3 is 0 Å². The maximum Gasteiger partial charge on any atom is 0.0710 e. The van der Waals surface area contributed by atoms with Crippen molar-refractivity contribution in [2.24, 2.45) is 0 Å². The fourth-order valence-electron chi connectivity index (χ4n) is 3.77. The molecule has 1 aliphatic carbocycles. The van der Waals surface area contributed by atoms with Crippen LogP contribution < -0.4 is 0 Å². The molecule has 2 aliphatic heterocycles. The molecule has 3 aliphatic rings. The van der Waals surface area contributed by atoms with Crippen LogP contribution in [0.5, 0.6) is 0 Å². The Morgan fingerprint density at radius 2 is 2.06 bits per heavy atom. The number of hydrogen-bond donors (Lipinski definition) is 1. The van der Waals surface area contributed by atoms with Crippen LogP contribution in [-0.4, -0.2) is 60.7 Å². The molecule has 3 rings (SSSR count). The van der Waals surface area contributed by atoms with E-state index in [0.29, 0.717) is 12.7 Å². The molecule has 4 heteroatoms. The van der Waals surface area contributed by atoms with E-state index in [1.807, 2.05) is 0 Å². The first-order chi connectivity index (χ1) is 8.81. The van der Waals surface area contributed by atoms with Crippen molar-refractivity contribution in [2.75, 3.05) is 32.9 Å². The molecule has 2 saturated heterocycles. The van der Waals surface area contributed by atoms with Crippen LogP contribution in [0.25, 0.3) is 0 Å². The van der Waals surface area contributed by atoms with Crippen LogP contribution in [0.2, 0.25) is 0 Å². The van der Waals surface area contributed by atoms with Gasteiger partial charge in [0.1, 0.15) is 0 Å². The largest absolute Gasteiger partial charge is 0.395 e. The first-order valence-corrected chi connectivity index (χ1v) is 7.42. The summed E-state index contributed by atoms with van der Waals surface area (Å²) in [4.78, 5) is 2.35. The van der Waals surface area contributed by atoms with Gasteiger partial charge in [-0.15, -0.1) is 0 Å². The lowest BCUT2D eigenvalue weighted by atomic mass is 9.98. The molecular formula is C14H25NO3. The van der Waals surface area contributed by atoms with Crippen LogP contribution in [0.4, 0.5) is 0 Å². The van der Waals surface area contributed by atoms with Gasteiger partial charge in [0.2, 0.25) is 0 Å². The van der Waals surface area contributed by atoms with Gasteiger partial charge in [0.25, 0.3) is 0 Å². The molecule has 18 heavy (non-hydrogen) atoms. The Hall–Kier alpha value is -0.160. The monoisotopic (exact) mass is 255 g/mol. The van der Waals surface area contributed by atoms with Crippen molar-refractivity contribution >= 4 is 0 Å². The second-order valence-corrected chi connectivity index (χ2v) is 6.07. The first-order valence-electron chi connectivity index (χ1n) is 7.42. The van der Waals surface area contributed by atoms with E-state index in [9.17, 15) is 5.11 Å². The minimum atomic E-state index is 0.169. The molecule has 1 saturated carbocycles. The summed E-state index contributed by atoms with van der Waals surface area (Å²) in [6, 6.07) is 0.169. The number of hydrogen-bond acceptors (Lipinski definition) is 4. The molecule has 0 aromatic heterocycles. The highest BCUT2D eigenvalue weighted by atomic mass is 16.5. The van der Waals surface area contributed by atoms with Gasteiger partial charge in [-0.1, -0.05) is 12.8 Å². The standard InChI is InChI=1S/C14H25NO3/c16-10-12-11-17-8-7-15(12)9-13-3-6-14(18-13)4-1-2-5-14/h12-13,16H,1-11H2. The molecule has 0 amide bonds. The molecule has 3 fully saturated rings. The molecule has 4 nitrogen and oxygen atoms in total. The normalized spacial score (nSPS) is 36.5. The summed E-state index contributed by atoms with van der Waals surface area (Å²) >= 11 is 0. The van der Waals surface area contributed by atoms with Gasteiger partial charge in [0, 0.05) is 13.1 Å². The number of nitrogens with zero attached hydrogens (tertiary/aromatic N) is 1. The SMILES string of the molecule is OCC1COCCN1CC1CCC2(CCCC2)O1. The molecule has 2 atom stereocenters. The fraction of sp³-hybridized carbons (Fsp3) is 1.00. The maximum atomic E-state index is 9.38. The zero-order valence-corrected chi connectivity index (χ0v) is 11.1. The van der Waals surface area contributed by atoms with Gasteiger partial charge in [-0.3, -0.25) is 4.90 Å². The predicted octanol–water partition coefficient (Wildman–Crippen LogP) is 1.17. The van der Waals surface area contributed by atoms with Gasteiger partial charge in [0.15, 0.2) is 0 Å². The summed E-state index contributed by atoms with van der Waals surface area (Å²) < 4.78 is 11.8. The van der Waals surface area contributed by atoms with Gasteiger partial charge in [-0.25, -0.2) is 0 Å². The Labute approximate surface area is 109 Å². The van der Waals surface area contributed by atoms with E-state index in [-0.39, 0.29) is 18.2 Å². The molecule has 0 radical (unpaired) electrons. The molecule has 0 aromatic rings. The van der Waals surface area contributed by atoms with Crippen molar-refractivity contribution in [2.45, 2.75) is 56.3 Å². The minimum absolute atomic E-state index is 0.169. The molecule has 2 heterocycles. The molecular weight excluding hydrogens is 230 g/mol. The quantitative estimate of drug-likeness (QED) is 0.822. The number of aliphatic hydroxyl groups is 1. The Bertz CT molecular complexity index is 278. The third-order valence-electron chi connectivity index (χ3n) is 4.85. The third kappa shape index (κ3) is 2.57. The lowest BCUT2D eigenvalue weighted by Gasteiger charge is -2.36. The lowest BCUT2D eigenvalue weighted by molar-refractivity contribution is -0.0782. The number of ether oxygens (including phenoxy) is 2. The average molecular weight is 255 g/mol. The van der Waals surface area contributed by atoms with E-state index in [2.05, 4.69) is 4.90 Å². The van der Waals surface area contributed by atoms with Crippen LogP contribution in [0.3, 0.4) is 0 Å². The maximum absolute atomic E-state index is 9.38. The van der Waals surface area contributed by atoms with E-state index in [4.69, 9.17) is 9.47 Å². The van der Waals surface area contributed by atoms with E-state index in [1.165, 1.54) is 38.5 Å². The Morgan fingerprint density at radius 1 is 1.22 bits per heavy atom. The van der Waals surface area contributed by atoms with Crippen molar-refractivity contribution in [3.8, 4) is 0 Å². The second kappa shape index (κ2) is 5.45. The number of aliphatic hydroxyl groups excluding tert-OH is 1. The van der Waals surface area contributed by atoms with Gasteiger partial charge in [-0.05, 0) is 25.7 Å². The summed E-state index contributed by atoms with van der Waals surface area (Å²) in [5, 5.41) is 9.38. The second-order valence-electron chi connectivity index (χ2n) is 6.07. The third-order valence-corrected chi connectivity index (χ3v) is 4.85. The van der Waals surface area contributed by atoms with Crippen LogP contribution in [0, 0.1) is 0 Å². The summed E-state index contributed by atoms with van der Waals surface area (Å²) in [5.74, 6) is 0. The smallest absolute Gasteiger partial charge is 0.0710 e. The van der Waals surface area contributed by atoms with E-state index in [1.54, 1.807) is 0 Å². The highest BCUT2D eigenvalue weighted by molar-refractivity contribution is 4.94. The highest BCUT2D eigenvalue weighted by Crippen LogP contribution is 2.43. The van der Waals surface area contributed by atoms with Crippen LogP contribution >= 0.6 is 0 Å². The van der Waals surface area contributed by atoms with Crippen LogP contribution in [-0.2, 0) is 9.47 Å². The van der Waals surface area contributed by atoms with E-state index < -0.39 is 0 Å². The first kappa shape index (κ1) is 12.9. The molecule has 1 spiro atoms. The Kier molecular flexibility index (Phi) is 3.89. The summed E-state index contributed by atoms with van der Waals surface area (Å²) in [7, 11) is 0. The van der Waals surface area contributed by atoms with Crippen molar-refractivity contribution in [1.82, 2.24) is 4.90 Å². The van der Waals surface area contributed by atoms with Crippen molar-refractivity contribution < 1.29 is 14.6 Å². The zero-order chi connectivity index (χ0) is 12.4. The van der Waals surface area contributed by atoms with E-state index >= 15 is 0 Å². The Balaban J connectivity index is 1.53. The van der Waals surface area contributed by atoms with Crippen molar-refractivity contribution in [1.29, 1.82) is 0 Å². The summed E-state index contributed by atoms with van der Waals surface area (Å²) in [6.45, 7) is 3.54. The van der Waals surface area contributed by atoms with Crippen LogP contribution in [0.15, 0.2) is 0 Å². The highest BCUT2D eigenvalue weighted by Gasteiger charge is 2.42. The van der Waals surface area contributed by atoms with Gasteiger partial charge in [-0.2, -0.15) is 0 Å².